The standard InChI is InChI=1S/C13H22ClN3O3/c1-3-4-6-17-13(19)12(14)11(8-15-17)16-10(5-7-18)9-20-2/h8,10,16,18H,3-7,9H2,1-2H3. The molecular formula is C13H22ClN3O3. The molecule has 114 valence electrons. The maximum atomic E-state index is 12.0. The van der Waals surface area contributed by atoms with Crippen molar-refractivity contribution in [3.63, 3.8) is 0 Å². The number of hydrogen-bond acceptors (Lipinski definition) is 5. The minimum Gasteiger partial charge on any atom is -0.396 e. The molecule has 1 atom stereocenters. The van der Waals surface area contributed by atoms with Crippen molar-refractivity contribution < 1.29 is 9.84 Å². The van der Waals surface area contributed by atoms with Crippen molar-refractivity contribution in [3.05, 3.63) is 21.6 Å². The van der Waals surface area contributed by atoms with Gasteiger partial charge in [0.2, 0.25) is 0 Å². The average molecular weight is 304 g/mol. The lowest BCUT2D eigenvalue weighted by molar-refractivity contribution is 0.170. The molecule has 20 heavy (non-hydrogen) atoms. The number of unbranched alkanes of at least 4 members (excludes halogenated alkanes) is 1. The second-order valence-corrected chi connectivity index (χ2v) is 4.94. The summed E-state index contributed by atoms with van der Waals surface area (Å²) in [6.45, 7) is 3.05. The quantitative estimate of drug-likeness (QED) is 0.723. The van der Waals surface area contributed by atoms with Gasteiger partial charge in [-0.1, -0.05) is 24.9 Å². The number of rotatable bonds is 9. The third-order valence-electron chi connectivity index (χ3n) is 2.91. The largest absolute Gasteiger partial charge is 0.396 e. The number of halogens is 1. The van der Waals surface area contributed by atoms with E-state index in [9.17, 15) is 4.79 Å². The fraction of sp³-hybridized carbons (Fsp3) is 0.692. The van der Waals surface area contributed by atoms with Crippen molar-refractivity contribution >= 4 is 17.3 Å². The second-order valence-electron chi connectivity index (χ2n) is 4.56. The molecule has 0 aromatic carbocycles. The van der Waals surface area contributed by atoms with Gasteiger partial charge in [-0.15, -0.1) is 0 Å². The van der Waals surface area contributed by atoms with E-state index >= 15 is 0 Å². The molecule has 0 saturated carbocycles. The van der Waals surface area contributed by atoms with E-state index in [-0.39, 0.29) is 23.2 Å². The van der Waals surface area contributed by atoms with E-state index in [0.29, 0.717) is 25.3 Å². The van der Waals surface area contributed by atoms with Gasteiger partial charge in [0.05, 0.1) is 24.5 Å². The molecule has 0 aliphatic rings. The summed E-state index contributed by atoms with van der Waals surface area (Å²) in [5, 5.41) is 16.3. The van der Waals surface area contributed by atoms with Crippen molar-refractivity contribution in [2.45, 2.75) is 38.8 Å². The van der Waals surface area contributed by atoms with Gasteiger partial charge < -0.3 is 15.2 Å². The first-order chi connectivity index (χ1) is 9.63. The molecule has 2 N–H and O–H groups in total. The van der Waals surface area contributed by atoms with E-state index in [1.165, 1.54) is 4.68 Å². The number of nitrogens with zero attached hydrogens (tertiary/aromatic N) is 2. The number of aryl methyl sites for hydroxylation is 1. The highest BCUT2D eigenvalue weighted by Crippen LogP contribution is 2.17. The third-order valence-corrected chi connectivity index (χ3v) is 3.28. The summed E-state index contributed by atoms with van der Waals surface area (Å²) in [6.07, 6.45) is 3.91. The Bertz CT molecular complexity index is 459. The number of nitrogens with one attached hydrogen (secondary N) is 1. The van der Waals surface area contributed by atoms with Crippen LogP contribution in [-0.2, 0) is 11.3 Å². The van der Waals surface area contributed by atoms with E-state index in [2.05, 4.69) is 10.4 Å². The molecule has 0 aliphatic carbocycles. The molecule has 1 unspecified atom stereocenters. The number of ether oxygens (including phenoxy) is 1. The second kappa shape index (κ2) is 8.94. The summed E-state index contributed by atoms with van der Waals surface area (Å²) < 4.78 is 6.42. The molecule has 0 fully saturated rings. The van der Waals surface area contributed by atoms with Gasteiger partial charge in [0, 0.05) is 20.3 Å². The highest BCUT2D eigenvalue weighted by molar-refractivity contribution is 6.32. The molecule has 0 bridgehead atoms. The fourth-order valence-corrected chi connectivity index (χ4v) is 2.01. The predicted molar refractivity (Wildman–Crippen MR) is 79.4 cm³/mol. The van der Waals surface area contributed by atoms with Gasteiger partial charge in [0.15, 0.2) is 0 Å². The Labute approximate surface area is 123 Å². The van der Waals surface area contributed by atoms with Crippen molar-refractivity contribution in [1.29, 1.82) is 0 Å². The maximum absolute atomic E-state index is 12.0. The van der Waals surface area contributed by atoms with Crippen LogP contribution in [0.15, 0.2) is 11.0 Å². The van der Waals surface area contributed by atoms with Gasteiger partial charge in [0.25, 0.3) is 5.56 Å². The SMILES string of the molecule is CCCCn1ncc(NC(CCO)COC)c(Cl)c1=O. The predicted octanol–water partition coefficient (Wildman–Crippen LogP) is 1.51. The lowest BCUT2D eigenvalue weighted by Crippen LogP contribution is -2.29. The van der Waals surface area contributed by atoms with Gasteiger partial charge >= 0.3 is 0 Å². The molecule has 1 rings (SSSR count). The van der Waals surface area contributed by atoms with Crippen molar-refractivity contribution in [1.82, 2.24) is 9.78 Å². The zero-order chi connectivity index (χ0) is 15.0. The average Bonchev–Trinajstić information content (AvgIpc) is 2.43. The molecule has 1 aromatic heterocycles. The summed E-state index contributed by atoms with van der Waals surface area (Å²) in [7, 11) is 1.58. The van der Waals surface area contributed by atoms with Gasteiger partial charge in [-0.25, -0.2) is 4.68 Å². The molecule has 0 aliphatic heterocycles. The Morgan fingerprint density at radius 2 is 2.35 bits per heavy atom. The smallest absolute Gasteiger partial charge is 0.287 e. The molecule has 1 heterocycles. The van der Waals surface area contributed by atoms with Crippen molar-refractivity contribution in [2.24, 2.45) is 0 Å². The minimum atomic E-state index is -0.301. The number of anilines is 1. The summed E-state index contributed by atoms with van der Waals surface area (Å²) in [5.74, 6) is 0. The molecule has 0 amide bonds. The Balaban J connectivity index is 2.85. The topological polar surface area (TPSA) is 76.4 Å². The molecule has 0 radical (unpaired) electrons. The van der Waals surface area contributed by atoms with Crippen LogP contribution in [0.2, 0.25) is 5.02 Å². The van der Waals surface area contributed by atoms with Crippen LogP contribution < -0.4 is 10.9 Å². The Hall–Kier alpha value is -1.11. The van der Waals surface area contributed by atoms with Crippen LogP contribution >= 0.6 is 11.6 Å². The van der Waals surface area contributed by atoms with E-state index in [1.807, 2.05) is 6.92 Å². The maximum Gasteiger partial charge on any atom is 0.287 e. The number of aliphatic hydroxyl groups is 1. The van der Waals surface area contributed by atoms with Crippen LogP contribution in [0.1, 0.15) is 26.2 Å². The normalized spacial score (nSPS) is 12.4. The van der Waals surface area contributed by atoms with Crippen LogP contribution in [0.5, 0.6) is 0 Å². The van der Waals surface area contributed by atoms with Crippen LogP contribution in [0, 0.1) is 0 Å². The van der Waals surface area contributed by atoms with Gasteiger partial charge in [-0.3, -0.25) is 4.79 Å². The van der Waals surface area contributed by atoms with Crippen LogP contribution in [0.3, 0.4) is 0 Å². The van der Waals surface area contributed by atoms with E-state index in [1.54, 1.807) is 13.3 Å². The van der Waals surface area contributed by atoms with Crippen LogP contribution in [0.25, 0.3) is 0 Å². The molecule has 7 heteroatoms. The van der Waals surface area contributed by atoms with E-state index in [4.69, 9.17) is 21.4 Å². The zero-order valence-corrected chi connectivity index (χ0v) is 12.7. The van der Waals surface area contributed by atoms with Crippen molar-refractivity contribution in [2.75, 3.05) is 25.6 Å². The Morgan fingerprint density at radius 3 is 2.95 bits per heavy atom. The summed E-state index contributed by atoms with van der Waals surface area (Å²) in [5.41, 5.74) is 0.171. The molecule has 6 nitrogen and oxygen atoms in total. The minimum absolute atomic E-state index is 0.0274. The molecule has 0 spiro atoms. The van der Waals surface area contributed by atoms with Crippen LogP contribution in [-0.4, -0.2) is 41.3 Å². The molecule has 0 saturated heterocycles. The zero-order valence-electron chi connectivity index (χ0n) is 11.9. The Kier molecular flexibility index (Phi) is 7.58. The highest BCUT2D eigenvalue weighted by atomic mass is 35.5. The first-order valence-corrected chi connectivity index (χ1v) is 7.13. The number of methoxy groups -OCH3 is 1. The monoisotopic (exact) mass is 303 g/mol. The van der Waals surface area contributed by atoms with E-state index in [0.717, 1.165) is 12.8 Å². The highest BCUT2D eigenvalue weighted by Gasteiger charge is 2.13. The van der Waals surface area contributed by atoms with E-state index < -0.39 is 0 Å². The number of hydrogen-bond donors (Lipinski definition) is 2. The number of aliphatic hydroxyl groups excluding tert-OH is 1. The van der Waals surface area contributed by atoms with Gasteiger partial charge in [0.1, 0.15) is 5.02 Å². The first kappa shape index (κ1) is 16.9. The lowest BCUT2D eigenvalue weighted by Gasteiger charge is -2.18. The molecular weight excluding hydrogens is 282 g/mol. The fourth-order valence-electron chi connectivity index (χ4n) is 1.81. The summed E-state index contributed by atoms with van der Waals surface area (Å²) in [4.78, 5) is 12.0. The number of aromatic nitrogens is 2. The Morgan fingerprint density at radius 1 is 1.60 bits per heavy atom. The third kappa shape index (κ3) is 4.77. The molecule has 1 aromatic rings. The van der Waals surface area contributed by atoms with Gasteiger partial charge in [-0.05, 0) is 12.8 Å². The van der Waals surface area contributed by atoms with Crippen LogP contribution in [0.4, 0.5) is 5.69 Å². The summed E-state index contributed by atoms with van der Waals surface area (Å²) >= 11 is 6.08. The lowest BCUT2D eigenvalue weighted by atomic mass is 10.2. The first-order valence-electron chi connectivity index (χ1n) is 6.76. The van der Waals surface area contributed by atoms with Crippen molar-refractivity contribution in [3.8, 4) is 0 Å². The van der Waals surface area contributed by atoms with Gasteiger partial charge in [-0.2, -0.15) is 5.10 Å². The summed E-state index contributed by atoms with van der Waals surface area (Å²) in [6, 6.07) is -0.116.